The molecule has 15 nitrogen and oxygen atoms in total. The lowest BCUT2D eigenvalue weighted by Gasteiger charge is -2.32. The SMILES string of the molecule is COc1ccc2c(O[C@@H]3C[C@H]4C(=O)N[C@@]5(C(=O)O)C[C@H]5/C=C\CCCCCN(NC(=O)OC(C)(C)C)C(=O)N4C3)cc(-c3cnc(NC(C)C)s3)nc2c1. The number of carbonyl (C=O) groups excluding carboxylic acids is 3. The topological polar surface area (TPSA) is 185 Å². The number of carboxylic acid groups (broad SMARTS) is 1. The van der Waals surface area contributed by atoms with Crippen molar-refractivity contribution >= 4 is 51.4 Å². The first-order chi connectivity index (χ1) is 25.7. The monoisotopic (exact) mass is 763 g/mol. The zero-order valence-corrected chi connectivity index (χ0v) is 32.3. The molecule has 2 aromatic heterocycles. The Balaban J connectivity index is 1.34. The molecule has 1 saturated carbocycles. The molecular weight excluding hydrogens is 715 g/mol. The summed E-state index contributed by atoms with van der Waals surface area (Å²) in [6.07, 6.45) is 7.21. The van der Waals surface area contributed by atoms with E-state index in [0.717, 1.165) is 29.3 Å². The van der Waals surface area contributed by atoms with Gasteiger partial charge in [-0.05, 0) is 72.4 Å². The number of rotatable bonds is 8. The van der Waals surface area contributed by atoms with Crippen LogP contribution in [-0.4, -0.2) is 98.5 Å². The molecule has 54 heavy (non-hydrogen) atoms. The number of carbonyl (C=O) groups is 4. The number of fused-ring (bicyclic) bond motifs is 3. The molecule has 4 atom stereocenters. The van der Waals surface area contributed by atoms with Gasteiger partial charge in [0.25, 0.3) is 0 Å². The summed E-state index contributed by atoms with van der Waals surface area (Å²) in [6, 6.07) is 5.73. The molecule has 1 aromatic carbocycles. The van der Waals surface area contributed by atoms with Crippen LogP contribution in [0.1, 0.15) is 73.1 Å². The summed E-state index contributed by atoms with van der Waals surface area (Å²) in [7, 11) is 1.58. The standard InChI is InChI=1S/C38H49N7O8S/c1-22(2)40-34-39-20-31(54-34)28-18-30(26-14-13-24(51-6)16-27(26)41-28)52-25-17-29-32(46)42-38(33(47)48)19-23(38)12-10-8-7-9-11-15-45(36(50)44(29)21-25)43-35(49)53-37(3,4)5/h10,12-14,16,18,20,22-23,25,29H,7-9,11,15,17,19,21H2,1-6H3,(H,39,40)(H,42,46)(H,43,49)(H,47,48)/b12-10-/t23-,25-,29+,38+/m1/s1. The molecule has 290 valence electrons. The van der Waals surface area contributed by atoms with Crippen LogP contribution in [0.2, 0.25) is 0 Å². The zero-order chi connectivity index (χ0) is 38.8. The maximum atomic E-state index is 14.4. The van der Waals surface area contributed by atoms with E-state index >= 15 is 0 Å². The number of hydrogen-bond donors (Lipinski definition) is 4. The van der Waals surface area contributed by atoms with E-state index in [0.29, 0.717) is 34.5 Å². The number of hydrazine groups is 1. The lowest BCUT2D eigenvalue weighted by Crippen LogP contribution is -2.58. The van der Waals surface area contributed by atoms with Gasteiger partial charge in [0.05, 0.1) is 29.7 Å². The molecule has 4 amide bonds. The molecule has 1 saturated heterocycles. The Morgan fingerprint density at radius 2 is 1.94 bits per heavy atom. The summed E-state index contributed by atoms with van der Waals surface area (Å²) >= 11 is 1.45. The number of carboxylic acids is 1. The van der Waals surface area contributed by atoms with Crippen molar-refractivity contribution in [3.8, 4) is 22.1 Å². The van der Waals surface area contributed by atoms with E-state index in [1.807, 2.05) is 44.2 Å². The molecule has 4 heterocycles. The maximum absolute atomic E-state index is 14.4. The number of methoxy groups -OCH3 is 1. The van der Waals surface area contributed by atoms with E-state index in [9.17, 15) is 24.3 Å². The summed E-state index contributed by atoms with van der Waals surface area (Å²) in [6.45, 7) is 9.38. The van der Waals surface area contributed by atoms with Crippen molar-refractivity contribution in [2.75, 3.05) is 25.5 Å². The second-order valence-electron chi connectivity index (χ2n) is 15.3. The molecule has 0 radical (unpaired) electrons. The number of aliphatic carboxylic acids is 1. The van der Waals surface area contributed by atoms with Crippen LogP contribution in [-0.2, 0) is 14.3 Å². The van der Waals surface area contributed by atoms with Crippen LogP contribution in [0.15, 0.2) is 42.6 Å². The van der Waals surface area contributed by atoms with Gasteiger partial charge in [-0.15, -0.1) is 0 Å². The summed E-state index contributed by atoms with van der Waals surface area (Å²) in [5, 5.41) is 18.9. The van der Waals surface area contributed by atoms with Crippen LogP contribution < -0.4 is 25.5 Å². The van der Waals surface area contributed by atoms with Crippen molar-refractivity contribution in [1.82, 2.24) is 30.6 Å². The maximum Gasteiger partial charge on any atom is 0.426 e. The van der Waals surface area contributed by atoms with E-state index in [2.05, 4.69) is 21.0 Å². The van der Waals surface area contributed by atoms with Crippen LogP contribution in [0, 0.1) is 5.92 Å². The highest BCUT2D eigenvalue weighted by Crippen LogP contribution is 2.45. The van der Waals surface area contributed by atoms with Gasteiger partial charge < -0.3 is 34.9 Å². The average molecular weight is 764 g/mol. The van der Waals surface area contributed by atoms with Gasteiger partial charge in [0.1, 0.15) is 34.8 Å². The van der Waals surface area contributed by atoms with Gasteiger partial charge in [0, 0.05) is 48.6 Å². The molecule has 2 fully saturated rings. The quantitative estimate of drug-likeness (QED) is 0.199. The van der Waals surface area contributed by atoms with Crippen LogP contribution in [0.25, 0.3) is 21.5 Å². The first-order valence-electron chi connectivity index (χ1n) is 18.3. The third-order valence-electron chi connectivity index (χ3n) is 9.47. The fourth-order valence-electron chi connectivity index (χ4n) is 6.76. The minimum Gasteiger partial charge on any atom is -0.497 e. The number of pyridine rings is 1. The Hall–Kier alpha value is -5.12. The van der Waals surface area contributed by atoms with Crippen LogP contribution in [0.3, 0.4) is 0 Å². The Morgan fingerprint density at radius 3 is 2.67 bits per heavy atom. The molecule has 0 spiro atoms. The van der Waals surface area contributed by atoms with Crippen molar-refractivity contribution in [2.24, 2.45) is 5.92 Å². The number of urea groups is 1. The highest BCUT2D eigenvalue weighted by Gasteiger charge is 2.61. The lowest BCUT2D eigenvalue weighted by atomic mass is 10.1. The number of hydrogen-bond acceptors (Lipinski definition) is 11. The van der Waals surface area contributed by atoms with Gasteiger partial charge in [-0.3, -0.25) is 4.79 Å². The number of anilines is 1. The number of thiazole rings is 1. The van der Waals surface area contributed by atoms with Gasteiger partial charge in [-0.25, -0.2) is 34.8 Å². The number of aromatic nitrogens is 2. The van der Waals surface area contributed by atoms with Crippen molar-refractivity contribution in [1.29, 1.82) is 0 Å². The normalized spacial score (nSPS) is 24.1. The number of ether oxygens (including phenoxy) is 3. The molecule has 4 N–H and O–H groups in total. The molecule has 2 aliphatic heterocycles. The molecular formula is C38H49N7O8S. The molecule has 6 rings (SSSR count). The number of benzene rings is 1. The fraction of sp³-hybridized carbons (Fsp3) is 0.526. The Labute approximate surface area is 318 Å². The minimum atomic E-state index is -1.47. The Morgan fingerprint density at radius 1 is 1.15 bits per heavy atom. The molecule has 3 aromatic rings. The van der Waals surface area contributed by atoms with Crippen LogP contribution in [0.4, 0.5) is 14.7 Å². The number of nitrogens with zero attached hydrogens (tertiary/aromatic N) is 4. The summed E-state index contributed by atoms with van der Waals surface area (Å²) in [4.78, 5) is 65.6. The minimum absolute atomic E-state index is 0.0227. The van der Waals surface area contributed by atoms with Gasteiger partial charge in [0.15, 0.2) is 5.13 Å². The van der Waals surface area contributed by atoms with E-state index in [1.54, 1.807) is 40.1 Å². The first kappa shape index (κ1) is 38.6. The molecule has 1 aliphatic carbocycles. The van der Waals surface area contributed by atoms with E-state index in [4.69, 9.17) is 19.2 Å². The third kappa shape index (κ3) is 8.80. The lowest BCUT2D eigenvalue weighted by molar-refractivity contribution is -0.144. The van der Waals surface area contributed by atoms with Crippen LogP contribution >= 0.6 is 11.3 Å². The summed E-state index contributed by atoms with van der Waals surface area (Å²) in [5.74, 6) is -1.03. The van der Waals surface area contributed by atoms with Crippen molar-refractivity contribution in [3.63, 3.8) is 0 Å². The molecule has 0 bridgehead atoms. The third-order valence-corrected chi connectivity index (χ3v) is 10.4. The molecule has 3 aliphatic rings. The molecule has 16 heteroatoms. The van der Waals surface area contributed by atoms with Crippen molar-refractivity contribution in [3.05, 3.63) is 42.6 Å². The van der Waals surface area contributed by atoms with Crippen molar-refractivity contribution < 1.29 is 38.5 Å². The van der Waals surface area contributed by atoms with E-state index < -0.39 is 47.3 Å². The number of nitrogens with one attached hydrogen (secondary N) is 3. The first-order valence-corrected chi connectivity index (χ1v) is 19.2. The van der Waals surface area contributed by atoms with Gasteiger partial charge in [-0.1, -0.05) is 29.9 Å². The van der Waals surface area contributed by atoms with Crippen LogP contribution in [0.5, 0.6) is 11.5 Å². The van der Waals surface area contributed by atoms with Gasteiger partial charge in [-0.2, -0.15) is 0 Å². The second-order valence-corrected chi connectivity index (χ2v) is 16.3. The summed E-state index contributed by atoms with van der Waals surface area (Å²) < 4.78 is 17.6. The number of allylic oxidation sites excluding steroid dienone is 1. The zero-order valence-electron chi connectivity index (χ0n) is 31.5. The van der Waals surface area contributed by atoms with E-state index in [-0.39, 0.29) is 37.9 Å². The fourth-order valence-corrected chi connectivity index (χ4v) is 7.68. The highest BCUT2D eigenvalue weighted by atomic mass is 32.1. The smallest absolute Gasteiger partial charge is 0.426 e. The Bertz CT molecular complexity index is 1930. The molecule has 0 unspecified atom stereocenters. The van der Waals surface area contributed by atoms with Gasteiger partial charge >= 0.3 is 18.1 Å². The second kappa shape index (κ2) is 15.7. The highest BCUT2D eigenvalue weighted by molar-refractivity contribution is 7.18. The predicted octanol–water partition coefficient (Wildman–Crippen LogP) is 5.96. The largest absolute Gasteiger partial charge is 0.497 e. The number of amides is 4. The van der Waals surface area contributed by atoms with Crippen molar-refractivity contribution in [2.45, 2.75) is 102 Å². The Kier molecular flexibility index (Phi) is 11.2. The average Bonchev–Trinajstić information content (AvgIpc) is 3.38. The van der Waals surface area contributed by atoms with Gasteiger partial charge in [0.2, 0.25) is 5.91 Å². The summed E-state index contributed by atoms with van der Waals surface area (Å²) in [5.41, 5.74) is 1.54. The predicted molar refractivity (Wildman–Crippen MR) is 203 cm³/mol. The van der Waals surface area contributed by atoms with E-state index in [1.165, 1.54) is 21.2 Å².